The first kappa shape index (κ1) is 22.0. The zero-order valence-corrected chi connectivity index (χ0v) is 19.5. The fourth-order valence-electron chi connectivity index (χ4n) is 3.25. The van der Waals surface area contributed by atoms with E-state index < -0.39 is 0 Å². The van der Waals surface area contributed by atoms with Gasteiger partial charge in [-0.3, -0.25) is 14.3 Å². The highest BCUT2D eigenvalue weighted by molar-refractivity contribution is 7.99. The predicted octanol–water partition coefficient (Wildman–Crippen LogP) is 5.64. The number of amides is 1. The molecule has 0 aliphatic heterocycles. The maximum atomic E-state index is 12.6. The molecule has 162 valence electrons. The number of thioether (sulfide) groups is 1. The maximum absolute atomic E-state index is 12.6. The molecule has 2 heterocycles. The molecule has 6 nitrogen and oxygen atoms in total. The van der Waals surface area contributed by atoms with Crippen molar-refractivity contribution in [3.8, 4) is 17.1 Å². The van der Waals surface area contributed by atoms with Crippen molar-refractivity contribution < 1.29 is 4.79 Å². The number of benzene rings is 2. The Bertz CT molecular complexity index is 1270. The molecule has 0 aliphatic carbocycles. The molecule has 0 atom stereocenters. The minimum Gasteiger partial charge on any atom is -0.325 e. The minimum atomic E-state index is -0.110. The van der Waals surface area contributed by atoms with Gasteiger partial charge in [0.15, 0.2) is 11.0 Å². The lowest BCUT2D eigenvalue weighted by Gasteiger charge is -2.14. The number of pyridine rings is 1. The van der Waals surface area contributed by atoms with E-state index in [-0.39, 0.29) is 11.7 Å². The van der Waals surface area contributed by atoms with Gasteiger partial charge in [-0.1, -0.05) is 35.5 Å². The van der Waals surface area contributed by atoms with Crippen LogP contribution < -0.4 is 5.32 Å². The molecule has 2 aromatic heterocycles. The Morgan fingerprint density at radius 1 is 1.03 bits per heavy atom. The van der Waals surface area contributed by atoms with Crippen molar-refractivity contribution in [1.82, 2.24) is 19.7 Å². The second-order valence-corrected chi connectivity index (χ2v) is 8.75. The van der Waals surface area contributed by atoms with Gasteiger partial charge < -0.3 is 5.32 Å². The molecule has 0 unspecified atom stereocenters. The summed E-state index contributed by atoms with van der Waals surface area (Å²) in [5, 5.41) is 13.0. The summed E-state index contributed by atoms with van der Waals surface area (Å²) in [4.78, 5) is 16.7. The first-order valence-corrected chi connectivity index (χ1v) is 11.4. The molecule has 0 saturated heterocycles. The number of aromatic nitrogens is 4. The molecule has 32 heavy (non-hydrogen) atoms. The second kappa shape index (κ2) is 9.54. The van der Waals surface area contributed by atoms with E-state index in [1.165, 1.54) is 17.3 Å². The quantitative estimate of drug-likeness (QED) is 0.374. The van der Waals surface area contributed by atoms with Crippen molar-refractivity contribution in [2.45, 2.75) is 25.9 Å². The zero-order chi connectivity index (χ0) is 22.7. The second-order valence-electron chi connectivity index (χ2n) is 7.40. The molecule has 0 saturated carbocycles. The zero-order valence-electron chi connectivity index (χ0n) is 18.0. The molecular weight excluding hydrogens is 442 g/mol. The monoisotopic (exact) mass is 463 g/mol. The van der Waals surface area contributed by atoms with Crippen LogP contribution in [-0.2, 0) is 4.79 Å². The summed E-state index contributed by atoms with van der Waals surface area (Å²) < 4.78 is 1.94. The molecule has 4 rings (SSSR count). The van der Waals surface area contributed by atoms with E-state index in [0.29, 0.717) is 16.0 Å². The molecule has 0 aliphatic rings. The third kappa shape index (κ3) is 4.69. The van der Waals surface area contributed by atoms with E-state index in [4.69, 9.17) is 11.6 Å². The van der Waals surface area contributed by atoms with E-state index in [1.807, 2.05) is 73.9 Å². The number of aryl methyl sites for hydroxylation is 2. The van der Waals surface area contributed by atoms with Gasteiger partial charge in [0.05, 0.1) is 11.4 Å². The first-order chi connectivity index (χ1) is 15.4. The number of anilines is 1. The molecule has 4 aromatic rings. The average Bonchev–Trinajstić information content (AvgIpc) is 3.21. The summed E-state index contributed by atoms with van der Waals surface area (Å²) in [5.74, 6) is 0.747. The Hall–Kier alpha value is -3.16. The summed E-state index contributed by atoms with van der Waals surface area (Å²) >= 11 is 7.71. The van der Waals surface area contributed by atoms with Crippen LogP contribution in [0, 0.1) is 20.8 Å². The highest BCUT2D eigenvalue weighted by Gasteiger charge is 2.19. The van der Waals surface area contributed by atoms with Crippen LogP contribution in [0.5, 0.6) is 0 Å². The van der Waals surface area contributed by atoms with Crippen LogP contribution in [0.1, 0.15) is 16.7 Å². The van der Waals surface area contributed by atoms with E-state index in [9.17, 15) is 4.79 Å². The smallest absolute Gasteiger partial charge is 0.234 e. The number of carbonyl (C=O) groups excluding carboxylic acids is 1. The van der Waals surface area contributed by atoms with Gasteiger partial charge in [-0.2, -0.15) is 0 Å². The van der Waals surface area contributed by atoms with Crippen LogP contribution >= 0.6 is 23.4 Å². The normalized spacial score (nSPS) is 10.9. The van der Waals surface area contributed by atoms with Crippen molar-refractivity contribution >= 4 is 35.0 Å². The predicted molar refractivity (Wildman–Crippen MR) is 130 cm³/mol. The standard InChI is InChI=1S/C24H22ClN5OS/c1-15-7-8-19(13-16(15)2)27-22(31)14-32-24-29-28-23(18-9-11-26-12-10-18)30(24)21-6-4-5-20(25)17(21)3/h4-13H,14H2,1-3H3,(H,27,31). The Labute approximate surface area is 196 Å². The van der Waals surface area contributed by atoms with E-state index >= 15 is 0 Å². The number of halogens is 1. The number of hydrogen-bond acceptors (Lipinski definition) is 5. The number of carbonyl (C=O) groups is 1. The lowest BCUT2D eigenvalue weighted by atomic mass is 10.1. The first-order valence-electron chi connectivity index (χ1n) is 10.0. The Morgan fingerprint density at radius 3 is 2.56 bits per heavy atom. The van der Waals surface area contributed by atoms with Crippen LogP contribution in [0.15, 0.2) is 66.1 Å². The number of nitrogens with one attached hydrogen (secondary N) is 1. The summed E-state index contributed by atoms with van der Waals surface area (Å²) in [5.41, 5.74) is 5.75. The fourth-order valence-corrected chi connectivity index (χ4v) is 4.17. The molecular formula is C24H22ClN5OS. The minimum absolute atomic E-state index is 0.110. The van der Waals surface area contributed by atoms with Gasteiger partial charge in [-0.15, -0.1) is 10.2 Å². The third-order valence-corrected chi connectivity index (χ3v) is 6.51. The molecule has 0 bridgehead atoms. The van der Waals surface area contributed by atoms with Gasteiger partial charge in [0.25, 0.3) is 0 Å². The summed E-state index contributed by atoms with van der Waals surface area (Å²) in [6, 6.07) is 15.3. The van der Waals surface area contributed by atoms with Gasteiger partial charge in [0.1, 0.15) is 0 Å². The van der Waals surface area contributed by atoms with Crippen molar-refractivity contribution in [3.05, 3.63) is 82.6 Å². The van der Waals surface area contributed by atoms with E-state index in [2.05, 4.69) is 20.5 Å². The van der Waals surface area contributed by atoms with Gasteiger partial charge in [-0.25, -0.2) is 0 Å². The maximum Gasteiger partial charge on any atom is 0.234 e. The fraction of sp³-hybridized carbons (Fsp3) is 0.167. The van der Waals surface area contributed by atoms with Crippen LogP contribution in [0.4, 0.5) is 5.69 Å². The van der Waals surface area contributed by atoms with Gasteiger partial charge >= 0.3 is 0 Å². The molecule has 2 aromatic carbocycles. The van der Waals surface area contributed by atoms with E-state index in [1.54, 1.807) is 12.4 Å². The Balaban J connectivity index is 1.62. The van der Waals surface area contributed by atoms with Crippen molar-refractivity contribution in [2.75, 3.05) is 11.1 Å². The summed E-state index contributed by atoms with van der Waals surface area (Å²) in [7, 11) is 0. The summed E-state index contributed by atoms with van der Waals surface area (Å²) in [6.07, 6.45) is 3.42. The van der Waals surface area contributed by atoms with Crippen molar-refractivity contribution in [1.29, 1.82) is 0 Å². The lowest BCUT2D eigenvalue weighted by Crippen LogP contribution is -2.15. The molecule has 0 spiro atoms. The van der Waals surface area contributed by atoms with Crippen LogP contribution in [0.2, 0.25) is 5.02 Å². The molecule has 1 N–H and O–H groups in total. The van der Waals surface area contributed by atoms with Gasteiger partial charge in [-0.05, 0) is 73.9 Å². The lowest BCUT2D eigenvalue weighted by molar-refractivity contribution is -0.113. The van der Waals surface area contributed by atoms with Crippen molar-refractivity contribution in [3.63, 3.8) is 0 Å². The molecule has 1 amide bonds. The molecule has 0 radical (unpaired) electrons. The summed E-state index contributed by atoms with van der Waals surface area (Å²) in [6.45, 7) is 6.02. The van der Waals surface area contributed by atoms with Crippen LogP contribution in [-0.4, -0.2) is 31.4 Å². The van der Waals surface area contributed by atoms with Crippen LogP contribution in [0.3, 0.4) is 0 Å². The topological polar surface area (TPSA) is 72.7 Å². The van der Waals surface area contributed by atoms with Crippen molar-refractivity contribution in [2.24, 2.45) is 0 Å². The number of rotatable bonds is 6. The molecule has 8 heteroatoms. The highest BCUT2D eigenvalue weighted by atomic mass is 35.5. The average molecular weight is 464 g/mol. The van der Waals surface area contributed by atoms with Gasteiger partial charge in [0, 0.05) is 28.7 Å². The Morgan fingerprint density at radius 2 is 1.81 bits per heavy atom. The Kier molecular flexibility index (Phi) is 6.58. The van der Waals surface area contributed by atoms with Gasteiger partial charge in [0.2, 0.25) is 5.91 Å². The molecule has 0 fully saturated rings. The van der Waals surface area contributed by atoms with Crippen LogP contribution in [0.25, 0.3) is 17.1 Å². The highest BCUT2D eigenvalue weighted by Crippen LogP contribution is 2.31. The number of hydrogen-bond donors (Lipinski definition) is 1. The van der Waals surface area contributed by atoms with E-state index in [0.717, 1.165) is 28.1 Å². The largest absolute Gasteiger partial charge is 0.325 e. The SMILES string of the molecule is Cc1ccc(NC(=O)CSc2nnc(-c3ccncc3)n2-c2cccc(Cl)c2C)cc1C. The third-order valence-electron chi connectivity index (χ3n) is 5.17. The number of nitrogens with zero attached hydrogens (tertiary/aromatic N) is 4.